The highest BCUT2D eigenvalue weighted by Crippen LogP contribution is 2.16. The summed E-state index contributed by atoms with van der Waals surface area (Å²) in [6, 6.07) is 5.55. The maximum atomic E-state index is 5.83. The standard InChI is InChI=1S/C13H15ClN2O2/c1-10(6-15-8-12-3-2-4-17-12)18-13-5-11(14)7-16-9-13/h2-5,7,9-10,15H,6,8H2,1H3. The van der Waals surface area contributed by atoms with Crippen molar-refractivity contribution >= 4 is 11.6 Å². The topological polar surface area (TPSA) is 47.3 Å². The van der Waals surface area contributed by atoms with E-state index >= 15 is 0 Å². The fourth-order valence-corrected chi connectivity index (χ4v) is 1.71. The van der Waals surface area contributed by atoms with Gasteiger partial charge in [-0.25, -0.2) is 0 Å². The molecule has 1 N–H and O–H groups in total. The van der Waals surface area contributed by atoms with Crippen molar-refractivity contribution in [1.29, 1.82) is 0 Å². The van der Waals surface area contributed by atoms with Gasteiger partial charge in [-0.2, -0.15) is 0 Å². The van der Waals surface area contributed by atoms with Crippen LogP contribution in [0.4, 0.5) is 0 Å². The molecular weight excluding hydrogens is 252 g/mol. The minimum absolute atomic E-state index is 0.0280. The van der Waals surface area contributed by atoms with Gasteiger partial charge in [-0.1, -0.05) is 11.6 Å². The van der Waals surface area contributed by atoms with Gasteiger partial charge in [-0.05, 0) is 19.1 Å². The Balaban J connectivity index is 1.73. The van der Waals surface area contributed by atoms with Crippen LogP contribution >= 0.6 is 11.6 Å². The van der Waals surface area contributed by atoms with Crippen molar-refractivity contribution in [2.24, 2.45) is 0 Å². The van der Waals surface area contributed by atoms with Crippen LogP contribution in [0.1, 0.15) is 12.7 Å². The summed E-state index contributed by atoms with van der Waals surface area (Å²) in [5, 5.41) is 3.82. The zero-order valence-corrected chi connectivity index (χ0v) is 10.9. The van der Waals surface area contributed by atoms with Crippen LogP contribution in [0, 0.1) is 0 Å². The molecule has 2 heterocycles. The summed E-state index contributed by atoms with van der Waals surface area (Å²) in [6.45, 7) is 3.39. The maximum Gasteiger partial charge on any atom is 0.139 e. The summed E-state index contributed by atoms with van der Waals surface area (Å²) in [5.41, 5.74) is 0. The van der Waals surface area contributed by atoms with E-state index in [4.69, 9.17) is 20.8 Å². The van der Waals surface area contributed by atoms with Crippen LogP contribution in [-0.2, 0) is 6.54 Å². The van der Waals surface area contributed by atoms with Crippen LogP contribution in [0.15, 0.2) is 41.3 Å². The molecule has 1 unspecified atom stereocenters. The number of hydrogen-bond acceptors (Lipinski definition) is 4. The molecule has 0 aliphatic rings. The molecule has 4 nitrogen and oxygen atoms in total. The molecule has 0 bridgehead atoms. The van der Waals surface area contributed by atoms with Crippen LogP contribution in [0.25, 0.3) is 0 Å². The van der Waals surface area contributed by atoms with Crippen LogP contribution < -0.4 is 10.1 Å². The highest BCUT2D eigenvalue weighted by molar-refractivity contribution is 6.30. The van der Waals surface area contributed by atoms with Gasteiger partial charge in [0.2, 0.25) is 0 Å². The number of pyridine rings is 1. The number of hydrogen-bond donors (Lipinski definition) is 1. The number of halogens is 1. The van der Waals surface area contributed by atoms with Crippen molar-refractivity contribution in [3.63, 3.8) is 0 Å². The fraction of sp³-hybridized carbons (Fsp3) is 0.308. The van der Waals surface area contributed by atoms with Crippen molar-refractivity contribution < 1.29 is 9.15 Å². The van der Waals surface area contributed by atoms with E-state index in [1.165, 1.54) is 0 Å². The van der Waals surface area contributed by atoms with Gasteiger partial charge in [-0.3, -0.25) is 4.98 Å². The lowest BCUT2D eigenvalue weighted by molar-refractivity contribution is 0.215. The van der Waals surface area contributed by atoms with Crippen LogP contribution in [0.3, 0.4) is 0 Å². The second-order valence-corrected chi connectivity index (χ2v) is 4.41. The summed E-state index contributed by atoms with van der Waals surface area (Å²) < 4.78 is 10.9. The summed E-state index contributed by atoms with van der Waals surface area (Å²) in [4.78, 5) is 3.97. The predicted molar refractivity (Wildman–Crippen MR) is 69.8 cm³/mol. The first-order valence-electron chi connectivity index (χ1n) is 5.74. The molecule has 5 heteroatoms. The van der Waals surface area contributed by atoms with Crippen LogP contribution in [-0.4, -0.2) is 17.6 Å². The van der Waals surface area contributed by atoms with Crippen molar-refractivity contribution in [2.75, 3.05) is 6.54 Å². The molecule has 0 spiro atoms. The van der Waals surface area contributed by atoms with Crippen LogP contribution in [0.2, 0.25) is 5.02 Å². The Kier molecular flexibility index (Phi) is 4.61. The molecule has 18 heavy (non-hydrogen) atoms. The van der Waals surface area contributed by atoms with Gasteiger partial charge in [0.25, 0.3) is 0 Å². The van der Waals surface area contributed by atoms with E-state index in [0.717, 1.165) is 5.76 Å². The highest BCUT2D eigenvalue weighted by Gasteiger charge is 2.05. The molecule has 2 aromatic heterocycles. The molecule has 0 saturated carbocycles. The Hall–Kier alpha value is -1.52. The maximum absolute atomic E-state index is 5.83. The SMILES string of the molecule is CC(CNCc1ccco1)Oc1cncc(Cl)c1. The summed E-state index contributed by atoms with van der Waals surface area (Å²) >= 11 is 5.83. The van der Waals surface area contributed by atoms with Crippen molar-refractivity contribution in [3.05, 3.63) is 47.6 Å². The molecule has 96 valence electrons. The van der Waals surface area contributed by atoms with Gasteiger partial charge in [0.05, 0.1) is 24.0 Å². The first-order valence-corrected chi connectivity index (χ1v) is 6.12. The molecule has 0 aliphatic carbocycles. The molecule has 0 fully saturated rings. The first kappa shape index (κ1) is 12.9. The van der Waals surface area contributed by atoms with E-state index in [-0.39, 0.29) is 6.10 Å². The quantitative estimate of drug-likeness (QED) is 0.873. The van der Waals surface area contributed by atoms with Gasteiger partial charge in [0.1, 0.15) is 17.6 Å². The van der Waals surface area contributed by atoms with E-state index < -0.39 is 0 Å². The minimum Gasteiger partial charge on any atom is -0.488 e. The molecule has 1 atom stereocenters. The number of nitrogens with zero attached hydrogens (tertiary/aromatic N) is 1. The third-order valence-electron chi connectivity index (χ3n) is 2.33. The number of aromatic nitrogens is 1. The van der Waals surface area contributed by atoms with E-state index in [0.29, 0.717) is 23.9 Å². The Bertz CT molecular complexity index is 474. The van der Waals surface area contributed by atoms with E-state index in [2.05, 4.69) is 10.3 Å². The Morgan fingerprint density at radius 3 is 3.11 bits per heavy atom. The first-order chi connectivity index (χ1) is 8.74. The molecule has 2 rings (SSSR count). The van der Waals surface area contributed by atoms with Crippen molar-refractivity contribution in [1.82, 2.24) is 10.3 Å². The largest absolute Gasteiger partial charge is 0.488 e. The highest BCUT2D eigenvalue weighted by atomic mass is 35.5. The van der Waals surface area contributed by atoms with Crippen molar-refractivity contribution in [3.8, 4) is 5.75 Å². The molecule has 0 aromatic carbocycles. The van der Waals surface area contributed by atoms with Gasteiger partial charge in [-0.15, -0.1) is 0 Å². The number of nitrogens with one attached hydrogen (secondary N) is 1. The smallest absolute Gasteiger partial charge is 0.139 e. The molecule has 0 aliphatic heterocycles. The normalized spacial score (nSPS) is 12.3. The average Bonchev–Trinajstić information content (AvgIpc) is 2.82. The lowest BCUT2D eigenvalue weighted by atomic mass is 10.3. The minimum atomic E-state index is 0.0280. The average molecular weight is 267 g/mol. The molecule has 0 radical (unpaired) electrons. The molecule has 0 saturated heterocycles. The Labute approximate surface area is 111 Å². The molecule has 2 aromatic rings. The third-order valence-corrected chi connectivity index (χ3v) is 2.53. The van der Waals surface area contributed by atoms with Crippen LogP contribution in [0.5, 0.6) is 5.75 Å². The van der Waals surface area contributed by atoms with E-state index in [9.17, 15) is 0 Å². The number of furan rings is 1. The van der Waals surface area contributed by atoms with Gasteiger partial charge < -0.3 is 14.5 Å². The zero-order valence-electron chi connectivity index (χ0n) is 10.1. The summed E-state index contributed by atoms with van der Waals surface area (Å²) in [6.07, 6.45) is 4.91. The summed E-state index contributed by atoms with van der Waals surface area (Å²) in [5.74, 6) is 1.58. The second kappa shape index (κ2) is 6.42. The third kappa shape index (κ3) is 4.05. The van der Waals surface area contributed by atoms with Gasteiger partial charge in [0.15, 0.2) is 0 Å². The number of ether oxygens (including phenoxy) is 1. The lowest BCUT2D eigenvalue weighted by Crippen LogP contribution is -2.28. The van der Waals surface area contributed by atoms with E-state index in [1.807, 2.05) is 19.1 Å². The van der Waals surface area contributed by atoms with E-state index in [1.54, 1.807) is 24.7 Å². The number of rotatable bonds is 6. The van der Waals surface area contributed by atoms with Gasteiger partial charge >= 0.3 is 0 Å². The zero-order chi connectivity index (χ0) is 12.8. The molecular formula is C13H15ClN2O2. The predicted octanol–water partition coefficient (Wildman–Crippen LogP) is 2.89. The fourth-order valence-electron chi connectivity index (χ4n) is 1.54. The Morgan fingerprint density at radius 2 is 2.39 bits per heavy atom. The Morgan fingerprint density at radius 1 is 1.50 bits per heavy atom. The monoisotopic (exact) mass is 266 g/mol. The van der Waals surface area contributed by atoms with Gasteiger partial charge in [0, 0.05) is 18.8 Å². The summed E-state index contributed by atoms with van der Waals surface area (Å²) in [7, 11) is 0. The van der Waals surface area contributed by atoms with Crippen molar-refractivity contribution in [2.45, 2.75) is 19.6 Å². The molecule has 0 amide bonds. The lowest BCUT2D eigenvalue weighted by Gasteiger charge is -2.14. The second-order valence-electron chi connectivity index (χ2n) is 3.98.